The molecule has 0 saturated carbocycles. The lowest BCUT2D eigenvalue weighted by Gasteiger charge is -2.17. The molecule has 2 nitrogen and oxygen atoms in total. The van der Waals surface area contributed by atoms with E-state index in [4.69, 9.17) is 0 Å². The Balaban J connectivity index is 2.54. The van der Waals surface area contributed by atoms with Gasteiger partial charge in [0, 0.05) is 11.0 Å². The normalized spacial score (nSPS) is 13.1. The summed E-state index contributed by atoms with van der Waals surface area (Å²) < 4.78 is 0.983. The van der Waals surface area contributed by atoms with Crippen molar-refractivity contribution in [3.8, 4) is 0 Å². The topological polar surface area (TPSA) is 23.5 Å². The van der Waals surface area contributed by atoms with Crippen LogP contribution in [0.1, 0.15) is 25.0 Å². The molecule has 0 amide bonds. The zero-order chi connectivity index (χ0) is 11.3. The van der Waals surface area contributed by atoms with Crippen LogP contribution >= 0.6 is 15.9 Å². The lowest BCUT2D eigenvalue weighted by Crippen LogP contribution is -2.20. The Kier molecular flexibility index (Phi) is 5.29. The molecule has 1 unspecified atom stereocenters. The predicted octanol–water partition coefficient (Wildman–Crippen LogP) is 2.82. The Bertz CT molecular complexity index is 303. The Hall–Kier alpha value is -0.380. The molecule has 15 heavy (non-hydrogen) atoms. The van der Waals surface area contributed by atoms with Crippen molar-refractivity contribution in [1.29, 1.82) is 0 Å². The molecule has 0 fully saturated rings. The van der Waals surface area contributed by atoms with E-state index in [-0.39, 0.29) is 6.10 Å². The van der Waals surface area contributed by atoms with Gasteiger partial charge in [0.1, 0.15) is 0 Å². The number of nitrogens with zero attached hydrogens (tertiary/aromatic N) is 1. The van der Waals surface area contributed by atoms with E-state index in [0.717, 1.165) is 29.5 Å². The average Bonchev–Trinajstić information content (AvgIpc) is 2.26. The molecular formula is C12H18BrNO. The van der Waals surface area contributed by atoms with E-state index < -0.39 is 0 Å². The van der Waals surface area contributed by atoms with Crippen LogP contribution in [0.15, 0.2) is 28.7 Å². The summed E-state index contributed by atoms with van der Waals surface area (Å²) in [4.78, 5) is 2.19. The minimum absolute atomic E-state index is 0.380. The number of aliphatic hydroxyl groups is 1. The molecular weight excluding hydrogens is 254 g/mol. The lowest BCUT2D eigenvalue weighted by atomic mass is 10.1. The first-order valence-corrected chi connectivity index (χ1v) is 6.05. The third-order valence-electron chi connectivity index (χ3n) is 2.59. The predicted molar refractivity (Wildman–Crippen MR) is 66.9 cm³/mol. The lowest BCUT2D eigenvalue weighted by molar-refractivity contribution is 0.150. The highest BCUT2D eigenvalue weighted by molar-refractivity contribution is 9.10. The molecule has 0 spiro atoms. The number of hydrogen-bond acceptors (Lipinski definition) is 2. The van der Waals surface area contributed by atoms with Crippen LogP contribution in [0.4, 0.5) is 0 Å². The highest BCUT2D eigenvalue weighted by Crippen LogP contribution is 2.25. The van der Waals surface area contributed by atoms with Crippen molar-refractivity contribution in [2.75, 3.05) is 20.1 Å². The molecule has 1 aromatic carbocycles. The SMILES string of the molecule is CCN(C)CCC(O)c1ccccc1Br. The van der Waals surface area contributed by atoms with Gasteiger partial charge in [-0.25, -0.2) is 0 Å². The van der Waals surface area contributed by atoms with Gasteiger partial charge in [-0.15, -0.1) is 0 Å². The van der Waals surface area contributed by atoms with Crippen molar-refractivity contribution in [2.45, 2.75) is 19.4 Å². The molecule has 1 atom stereocenters. The van der Waals surface area contributed by atoms with Crippen LogP contribution in [0.25, 0.3) is 0 Å². The minimum Gasteiger partial charge on any atom is -0.388 e. The Labute approximate surface area is 100 Å². The van der Waals surface area contributed by atoms with E-state index in [2.05, 4.69) is 34.8 Å². The van der Waals surface area contributed by atoms with Crippen LogP contribution in [0.3, 0.4) is 0 Å². The van der Waals surface area contributed by atoms with Gasteiger partial charge >= 0.3 is 0 Å². The van der Waals surface area contributed by atoms with Crippen LogP contribution < -0.4 is 0 Å². The van der Waals surface area contributed by atoms with Crippen molar-refractivity contribution >= 4 is 15.9 Å². The molecule has 1 aromatic rings. The molecule has 0 bridgehead atoms. The van der Waals surface area contributed by atoms with E-state index in [1.807, 2.05) is 24.3 Å². The third-order valence-corrected chi connectivity index (χ3v) is 3.31. The molecule has 1 N–H and O–H groups in total. The summed E-state index contributed by atoms with van der Waals surface area (Å²) in [5.41, 5.74) is 0.974. The van der Waals surface area contributed by atoms with E-state index in [9.17, 15) is 5.11 Å². The fourth-order valence-corrected chi connectivity index (χ4v) is 1.95. The first-order chi connectivity index (χ1) is 7.15. The second-order valence-electron chi connectivity index (χ2n) is 3.72. The summed E-state index contributed by atoms with van der Waals surface area (Å²) in [6.07, 6.45) is 0.391. The van der Waals surface area contributed by atoms with Crippen LogP contribution in [-0.4, -0.2) is 30.1 Å². The van der Waals surface area contributed by atoms with Gasteiger partial charge in [0.25, 0.3) is 0 Å². The van der Waals surface area contributed by atoms with Crippen molar-refractivity contribution in [2.24, 2.45) is 0 Å². The largest absolute Gasteiger partial charge is 0.388 e. The van der Waals surface area contributed by atoms with Gasteiger partial charge in [0.15, 0.2) is 0 Å². The van der Waals surface area contributed by atoms with Gasteiger partial charge < -0.3 is 10.0 Å². The van der Waals surface area contributed by atoms with E-state index >= 15 is 0 Å². The Morgan fingerprint density at radius 1 is 1.40 bits per heavy atom. The van der Waals surface area contributed by atoms with Crippen molar-refractivity contribution in [3.63, 3.8) is 0 Å². The maximum absolute atomic E-state index is 9.99. The van der Waals surface area contributed by atoms with Gasteiger partial charge in [0.05, 0.1) is 6.10 Å². The fraction of sp³-hybridized carbons (Fsp3) is 0.500. The maximum atomic E-state index is 9.99. The molecule has 0 aliphatic carbocycles. The summed E-state index contributed by atoms with van der Waals surface area (Å²) in [5.74, 6) is 0. The number of benzene rings is 1. The van der Waals surface area contributed by atoms with Crippen molar-refractivity contribution in [1.82, 2.24) is 4.90 Å². The van der Waals surface area contributed by atoms with Gasteiger partial charge in [0.2, 0.25) is 0 Å². The third kappa shape index (κ3) is 3.93. The Morgan fingerprint density at radius 3 is 2.67 bits per heavy atom. The van der Waals surface area contributed by atoms with E-state index in [1.54, 1.807) is 0 Å². The van der Waals surface area contributed by atoms with Crippen LogP contribution in [0, 0.1) is 0 Å². The van der Waals surface area contributed by atoms with Gasteiger partial charge in [-0.1, -0.05) is 41.1 Å². The molecule has 0 aromatic heterocycles. The number of aliphatic hydroxyl groups excluding tert-OH is 1. The summed E-state index contributed by atoms with van der Waals surface area (Å²) in [6.45, 7) is 4.05. The van der Waals surface area contributed by atoms with Gasteiger partial charge in [-0.2, -0.15) is 0 Å². The number of rotatable bonds is 5. The maximum Gasteiger partial charge on any atom is 0.0813 e. The zero-order valence-electron chi connectivity index (χ0n) is 9.28. The fourth-order valence-electron chi connectivity index (χ4n) is 1.40. The molecule has 0 aliphatic rings. The summed E-state index contributed by atoms with van der Waals surface area (Å²) in [6, 6.07) is 7.83. The van der Waals surface area contributed by atoms with E-state index in [0.29, 0.717) is 0 Å². The summed E-state index contributed by atoms with van der Waals surface area (Å²) in [5, 5.41) is 9.99. The highest BCUT2D eigenvalue weighted by Gasteiger charge is 2.10. The van der Waals surface area contributed by atoms with E-state index in [1.165, 1.54) is 0 Å². The van der Waals surface area contributed by atoms with Crippen LogP contribution in [0.2, 0.25) is 0 Å². The first kappa shape index (κ1) is 12.7. The molecule has 0 aliphatic heterocycles. The molecule has 1 rings (SSSR count). The zero-order valence-corrected chi connectivity index (χ0v) is 10.9. The highest BCUT2D eigenvalue weighted by atomic mass is 79.9. The van der Waals surface area contributed by atoms with Crippen molar-refractivity contribution < 1.29 is 5.11 Å². The number of hydrogen-bond donors (Lipinski definition) is 1. The van der Waals surface area contributed by atoms with Crippen molar-refractivity contribution in [3.05, 3.63) is 34.3 Å². The van der Waals surface area contributed by atoms with Gasteiger partial charge in [-0.3, -0.25) is 0 Å². The summed E-state index contributed by atoms with van der Waals surface area (Å²) in [7, 11) is 2.06. The molecule has 84 valence electrons. The molecule has 3 heteroatoms. The number of halogens is 1. The van der Waals surface area contributed by atoms with Crippen LogP contribution in [0.5, 0.6) is 0 Å². The van der Waals surface area contributed by atoms with Gasteiger partial charge in [-0.05, 0) is 31.6 Å². The first-order valence-electron chi connectivity index (χ1n) is 5.26. The smallest absolute Gasteiger partial charge is 0.0813 e. The molecule has 0 radical (unpaired) electrons. The summed E-state index contributed by atoms with van der Waals surface area (Å²) >= 11 is 3.45. The Morgan fingerprint density at radius 2 is 2.07 bits per heavy atom. The quantitative estimate of drug-likeness (QED) is 0.891. The monoisotopic (exact) mass is 271 g/mol. The van der Waals surface area contributed by atoms with Crippen LogP contribution in [-0.2, 0) is 0 Å². The average molecular weight is 272 g/mol. The molecule has 0 heterocycles. The standard InChI is InChI=1S/C12H18BrNO/c1-3-14(2)9-8-12(15)10-6-4-5-7-11(10)13/h4-7,12,15H,3,8-9H2,1-2H3. The molecule has 0 saturated heterocycles. The minimum atomic E-state index is -0.380. The second-order valence-corrected chi connectivity index (χ2v) is 4.58. The second kappa shape index (κ2) is 6.26.